The van der Waals surface area contributed by atoms with E-state index in [2.05, 4.69) is 16.0 Å². The highest BCUT2D eigenvalue weighted by molar-refractivity contribution is 5.90. The quantitative estimate of drug-likeness (QED) is 0.282. The summed E-state index contributed by atoms with van der Waals surface area (Å²) in [6.07, 6.45) is 1.59. The molecule has 0 amide bonds. The van der Waals surface area contributed by atoms with Crippen LogP contribution in [0.2, 0.25) is 0 Å². The van der Waals surface area contributed by atoms with Gasteiger partial charge < -0.3 is 14.1 Å². The van der Waals surface area contributed by atoms with E-state index in [-0.39, 0.29) is 5.69 Å². The molecular formula is C22H16N4O4. The lowest BCUT2D eigenvalue weighted by Gasteiger charge is -2.05. The molecule has 0 saturated heterocycles. The lowest BCUT2D eigenvalue weighted by atomic mass is 10.1. The fourth-order valence-electron chi connectivity index (χ4n) is 3.12. The summed E-state index contributed by atoms with van der Waals surface area (Å²) in [5, 5.41) is 20.6. The molecule has 2 aromatic carbocycles. The van der Waals surface area contributed by atoms with Gasteiger partial charge in [0.25, 0.3) is 5.69 Å². The number of nitro benzene ring substituents is 1. The topological polar surface area (TPSA) is 118 Å². The van der Waals surface area contributed by atoms with Crippen LogP contribution in [0.3, 0.4) is 0 Å². The second-order valence-corrected chi connectivity index (χ2v) is 6.62. The highest BCUT2D eigenvalue weighted by atomic mass is 16.6. The van der Waals surface area contributed by atoms with Gasteiger partial charge >= 0.3 is 0 Å². The Hall–Kier alpha value is -4.38. The predicted molar refractivity (Wildman–Crippen MR) is 112 cm³/mol. The van der Waals surface area contributed by atoms with Crippen molar-refractivity contribution < 1.29 is 14.1 Å². The van der Waals surface area contributed by atoms with Crippen LogP contribution in [0.1, 0.15) is 17.1 Å². The summed E-state index contributed by atoms with van der Waals surface area (Å²) in [7, 11) is 1.43. The van der Waals surface area contributed by atoms with Gasteiger partial charge in [-0.05, 0) is 42.8 Å². The van der Waals surface area contributed by atoms with E-state index >= 15 is 0 Å². The Morgan fingerprint density at radius 2 is 2.10 bits per heavy atom. The van der Waals surface area contributed by atoms with Gasteiger partial charge in [-0.3, -0.25) is 10.1 Å². The van der Waals surface area contributed by atoms with Crippen LogP contribution in [0.25, 0.3) is 34.0 Å². The monoisotopic (exact) mass is 400 g/mol. The maximum atomic E-state index is 11.0. The molecule has 0 saturated carbocycles. The summed E-state index contributed by atoms with van der Waals surface area (Å²) >= 11 is 0. The minimum atomic E-state index is -0.489. The van der Waals surface area contributed by atoms with Crippen molar-refractivity contribution in [2.24, 2.45) is 0 Å². The third-order valence-corrected chi connectivity index (χ3v) is 4.59. The minimum Gasteiger partial charge on any atom is -0.496 e. The Kier molecular flexibility index (Phi) is 4.78. The van der Waals surface area contributed by atoms with E-state index < -0.39 is 4.92 Å². The number of nitro groups is 1. The molecule has 0 bridgehead atoms. The molecule has 4 aromatic rings. The largest absolute Gasteiger partial charge is 0.496 e. The number of hydrogen-bond acceptors (Lipinski definition) is 6. The molecule has 0 atom stereocenters. The van der Waals surface area contributed by atoms with Crippen LogP contribution in [-0.2, 0) is 0 Å². The Morgan fingerprint density at radius 1 is 1.27 bits per heavy atom. The van der Waals surface area contributed by atoms with Crippen LogP contribution in [-0.4, -0.2) is 22.0 Å². The lowest BCUT2D eigenvalue weighted by Crippen LogP contribution is -1.92. The van der Waals surface area contributed by atoms with Crippen molar-refractivity contribution in [2.45, 2.75) is 6.92 Å². The standard InChI is InChI=1S/C22H16N4O4/c1-13-3-7-18-19(9-13)25-22(24-18)14(12-23)10-16-5-8-20(30-16)17-6-4-15(26(27)28)11-21(17)29-2/h3-11H,1-2H3,(H,24,25)/b14-10-. The summed E-state index contributed by atoms with van der Waals surface area (Å²) in [5.74, 6) is 1.68. The number of nitrogens with one attached hydrogen (secondary N) is 1. The first-order valence-corrected chi connectivity index (χ1v) is 8.99. The summed E-state index contributed by atoms with van der Waals surface area (Å²) in [6, 6.07) is 15.7. The first kappa shape index (κ1) is 19.0. The number of fused-ring (bicyclic) bond motifs is 1. The summed E-state index contributed by atoms with van der Waals surface area (Å²) in [6.45, 7) is 1.98. The maximum absolute atomic E-state index is 11.0. The number of aryl methyl sites for hydroxylation is 1. The Morgan fingerprint density at radius 3 is 2.83 bits per heavy atom. The molecule has 4 rings (SSSR count). The highest BCUT2D eigenvalue weighted by Gasteiger charge is 2.16. The second-order valence-electron chi connectivity index (χ2n) is 6.62. The third-order valence-electron chi connectivity index (χ3n) is 4.59. The summed E-state index contributed by atoms with van der Waals surface area (Å²) < 4.78 is 11.1. The first-order valence-electron chi connectivity index (χ1n) is 8.99. The number of nitriles is 1. The number of ether oxygens (including phenoxy) is 1. The number of aromatic nitrogens is 2. The molecule has 0 aliphatic rings. The van der Waals surface area contributed by atoms with Gasteiger partial charge in [-0.2, -0.15) is 5.26 Å². The number of furan rings is 1. The van der Waals surface area contributed by atoms with Gasteiger partial charge in [0.2, 0.25) is 0 Å². The summed E-state index contributed by atoms with van der Waals surface area (Å²) in [5.41, 5.74) is 3.53. The Balaban J connectivity index is 1.70. The van der Waals surface area contributed by atoms with Crippen molar-refractivity contribution in [3.63, 3.8) is 0 Å². The van der Waals surface area contributed by atoms with Gasteiger partial charge in [0, 0.05) is 12.1 Å². The molecule has 8 nitrogen and oxygen atoms in total. The molecule has 0 radical (unpaired) electrons. The number of allylic oxidation sites excluding steroid dienone is 1. The average Bonchev–Trinajstić information content (AvgIpc) is 3.37. The van der Waals surface area contributed by atoms with Crippen LogP contribution >= 0.6 is 0 Å². The number of rotatable bonds is 5. The fraction of sp³-hybridized carbons (Fsp3) is 0.0909. The average molecular weight is 400 g/mol. The number of methoxy groups -OCH3 is 1. The zero-order valence-electron chi connectivity index (χ0n) is 16.2. The van der Waals surface area contributed by atoms with Gasteiger partial charge in [-0.15, -0.1) is 0 Å². The van der Waals surface area contributed by atoms with Crippen LogP contribution in [0.5, 0.6) is 5.75 Å². The van der Waals surface area contributed by atoms with Crippen molar-refractivity contribution in [1.29, 1.82) is 5.26 Å². The Bertz CT molecular complexity index is 1340. The van der Waals surface area contributed by atoms with E-state index in [0.717, 1.165) is 16.6 Å². The number of H-pyrrole nitrogens is 1. The normalized spacial score (nSPS) is 11.4. The van der Waals surface area contributed by atoms with Crippen molar-refractivity contribution in [3.05, 3.63) is 75.8 Å². The molecule has 1 N–H and O–H groups in total. The number of benzene rings is 2. The lowest BCUT2D eigenvalue weighted by molar-refractivity contribution is -0.384. The van der Waals surface area contributed by atoms with Crippen molar-refractivity contribution in [1.82, 2.24) is 9.97 Å². The van der Waals surface area contributed by atoms with Crippen LogP contribution in [0, 0.1) is 28.4 Å². The van der Waals surface area contributed by atoms with E-state index in [9.17, 15) is 15.4 Å². The zero-order valence-corrected chi connectivity index (χ0v) is 16.2. The van der Waals surface area contributed by atoms with Gasteiger partial charge in [-0.1, -0.05) is 6.07 Å². The maximum Gasteiger partial charge on any atom is 0.273 e. The van der Waals surface area contributed by atoms with Crippen LogP contribution in [0.4, 0.5) is 5.69 Å². The van der Waals surface area contributed by atoms with Crippen molar-refractivity contribution in [2.75, 3.05) is 7.11 Å². The van der Waals surface area contributed by atoms with Crippen molar-refractivity contribution in [3.8, 4) is 23.1 Å². The smallest absolute Gasteiger partial charge is 0.273 e. The van der Waals surface area contributed by atoms with E-state index in [0.29, 0.717) is 34.2 Å². The molecule has 2 aromatic heterocycles. The molecule has 30 heavy (non-hydrogen) atoms. The zero-order chi connectivity index (χ0) is 21.3. The second kappa shape index (κ2) is 7.56. The SMILES string of the molecule is COc1cc([N+](=O)[O-])ccc1-c1ccc(/C=C(/C#N)c2nc3ccc(C)cc3[nH]2)o1. The molecule has 0 spiro atoms. The molecule has 148 valence electrons. The third kappa shape index (κ3) is 3.52. The molecule has 2 heterocycles. The van der Waals surface area contributed by atoms with E-state index in [4.69, 9.17) is 9.15 Å². The van der Waals surface area contributed by atoms with E-state index in [1.54, 1.807) is 24.3 Å². The molecule has 0 unspecified atom stereocenters. The summed E-state index contributed by atoms with van der Waals surface area (Å²) in [4.78, 5) is 18.1. The number of hydrogen-bond donors (Lipinski definition) is 1. The first-order chi connectivity index (χ1) is 14.5. The number of non-ortho nitro benzene ring substituents is 1. The van der Waals surface area contributed by atoms with E-state index in [1.807, 2.05) is 25.1 Å². The number of imidazole rings is 1. The van der Waals surface area contributed by atoms with Gasteiger partial charge in [0.05, 0.1) is 40.3 Å². The Labute approximate surface area is 171 Å². The van der Waals surface area contributed by atoms with Crippen molar-refractivity contribution >= 4 is 28.4 Å². The van der Waals surface area contributed by atoms with Gasteiger partial charge in [0.1, 0.15) is 29.2 Å². The number of aromatic amines is 1. The highest BCUT2D eigenvalue weighted by Crippen LogP contribution is 2.34. The molecule has 8 heteroatoms. The van der Waals surface area contributed by atoms with Gasteiger partial charge in [0.15, 0.2) is 0 Å². The molecular weight excluding hydrogens is 384 g/mol. The van der Waals surface area contributed by atoms with Gasteiger partial charge in [-0.25, -0.2) is 4.98 Å². The minimum absolute atomic E-state index is 0.0748. The fourth-order valence-corrected chi connectivity index (χ4v) is 3.12. The molecule has 0 aliphatic carbocycles. The van der Waals surface area contributed by atoms with E-state index in [1.165, 1.54) is 19.2 Å². The predicted octanol–water partition coefficient (Wildman–Crippen LogP) is 5.11. The molecule has 0 fully saturated rings. The van der Waals surface area contributed by atoms with Crippen LogP contribution < -0.4 is 4.74 Å². The van der Waals surface area contributed by atoms with Crippen LogP contribution in [0.15, 0.2) is 52.9 Å². The molecule has 0 aliphatic heterocycles. The number of nitrogens with zero attached hydrogens (tertiary/aromatic N) is 3.